The second kappa shape index (κ2) is 7.33. The molecule has 1 spiro atoms. The number of ether oxygens (including phenoxy) is 2. The highest BCUT2D eigenvalue weighted by Gasteiger charge is 2.49. The van der Waals surface area contributed by atoms with Gasteiger partial charge in [0.05, 0.1) is 37.7 Å². The summed E-state index contributed by atoms with van der Waals surface area (Å²) in [5.74, 6) is 0.508. The van der Waals surface area contributed by atoms with Gasteiger partial charge in [0.15, 0.2) is 0 Å². The number of carbonyl (C=O) groups is 1. The van der Waals surface area contributed by atoms with Gasteiger partial charge in [0.25, 0.3) is 5.91 Å². The Morgan fingerprint density at radius 3 is 2.88 bits per heavy atom. The van der Waals surface area contributed by atoms with Gasteiger partial charge >= 0.3 is 6.01 Å². The lowest BCUT2D eigenvalue weighted by atomic mass is 9.79. The third-order valence-electron chi connectivity index (χ3n) is 4.97. The van der Waals surface area contributed by atoms with E-state index < -0.39 is 0 Å². The van der Waals surface area contributed by atoms with Crippen LogP contribution in [0.3, 0.4) is 0 Å². The SMILES string of the molecule is O=C(c1ccnnc1)N1CC2(C[C@H](CCOc3ncccn3)CCO2)C1. The van der Waals surface area contributed by atoms with Crippen LogP contribution in [0.2, 0.25) is 0 Å². The zero-order valence-corrected chi connectivity index (χ0v) is 14.5. The number of amides is 1. The lowest BCUT2D eigenvalue weighted by molar-refractivity contribution is -0.166. The topological polar surface area (TPSA) is 90.3 Å². The van der Waals surface area contributed by atoms with Crippen LogP contribution in [0.5, 0.6) is 6.01 Å². The van der Waals surface area contributed by atoms with Gasteiger partial charge in [-0.1, -0.05) is 0 Å². The normalized spacial score (nSPS) is 21.2. The van der Waals surface area contributed by atoms with Gasteiger partial charge in [0, 0.05) is 19.0 Å². The number of hydrogen-bond acceptors (Lipinski definition) is 7. The smallest absolute Gasteiger partial charge is 0.316 e. The lowest BCUT2D eigenvalue weighted by Gasteiger charge is -2.53. The first-order chi connectivity index (χ1) is 12.7. The van der Waals surface area contributed by atoms with E-state index in [0.29, 0.717) is 37.2 Å². The lowest BCUT2D eigenvalue weighted by Crippen LogP contribution is -2.66. The molecule has 2 aliphatic rings. The molecule has 2 aliphatic heterocycles. The summed E-state index contributed by atoms with van der Waals surface area (Å²) in [6.45, 7) is 2.59. The molecular formula is C18H21N5O3. The zero-order valence-electron chi connectivity index (χ0n) is 14.5. The molecule has 1 atom stereocenters. The van der Waals surface area contributed by atoms with Crippen LogP contribution in [0.25, 0.3) is 0 Å². The van der Waals surface area contributed by atoms with Crippen LogP contribution >= 0.6 is 0 Å². The minimum atomic E-state index is -0.206. The maximum atomic E-state index is 12.4. The Kier molecular flexibility index (Phi) is 4.75. The molecule has 0 aliphatic carbocycles. The summed E-state index contributed by atoms with van der Waals surface area (Å²) in [5, 5.41) is 7.48. The molecular weight excluding hydrogens is 334 g/mol. The van der Waals surface area contributed by atoms with Gasteiger partial charge < -0.3 is 14.4 Å². The first-order valence-corrected chi connectivity index (χ1v) is 8.84. The van der Waals surface area contributed by atoms with Crippen molar-refractivity contribution in [1.29, 1.82) is 0 Å². The maximum absolute atomic E-state index is 12.4. The van der Waals surface area contributed by atoms with Crippen molar-refractivity contribution in [2.75, 3.05) is 26.3 Å². The van der Waals surface area contributed by atoms with Crippen molar-refractivity contribution >= 4 is 5.91 Å². The van der Waals surface area contributed by atoms with Crippen molar-refractivity contribution < 1.29 is 14.3 Å². The van der Waals surface area contributed by atoms with Crippen molar-refractivity contribution in [3.8, 4) is 6.01 Å². The van der Waals surface area contributed by atoms with Gasteiger partial charge in [-0.2, -0.15) is 10.2 Å². The number of rotatable bonds is 5. The Hall–Kier alpha value is -2.61. The fraction of sp³-hybridized carbons (Fsp3) is 0.500. The Balaban J connectivity index is 1.26. The Bertz CT molecular complexity index is 737. The molecule has 0 bridgehead atoms. The molecule has 0 N–H and O–H groups in total. The molecule has 26 heavy (non-hydrogen) atoms. The van der Waals surface area contributed by atoms with E-state index in [0.717, 1.165) is 25.9 Å². The largest absolute Gasteiger partial charge is 0.463 e. The molecule has 2 saturated heterocycles. The van der Waals surface area contributed by atoms with Crippen LogP contribution in [-0.4, -0.2) is 62.9 Å². The van der Waals surface area contributed by atoms with E-state index >= 15 is 0 Å². The summed E-state index contributed by atoms with van der Waals surface area (Å²) in [6.07, 6.45) is 9.28. The van der Waals surface area contributed by atoms with Crippen LogP contribution in [0, 0.1) is 5.92 Å². The summed E-state index contributed by atoms with van der Waals surface area (Å²) in [7, 11) is 0. The molecule has 0 radical (unpaired) electrons. The van der Waals surface area contributed by atoms with Gasteiger partial charge in [-0.05, 0) is 37.3 Å². The Morgan fingerprint density at radius 2 is 2.12 bits per heavy atom. The van der Waals surface area contributed by atoms with Gasteiger partial charge in [-0.25, -0.2) is 9.97 Å². The third-order valence-corrected chi connectivity index (χ3v) is 4.97. The third kappa shape index (κ3) is 3.65. The minimum absolute atomic E-state index is 0.0131. The highest BCUT2D eigenvalue weighted by Crippen LogP contribution is 2.38. The van der Waals surface area contributed by atoms with E-state index in [4.69, 9.17) is 9.47 Å². The first kappa shape index (κ1) is 16.8. The molecule has 8 heteroatoms. The summed E-state index contributed by atoms with van der Waals surface area (Å²) >= 11 is 0. The zero-order chi connectivity index (χ0) is 17.8. The average Bonchev–Trinajstić information content (AvgIpc) is 2.67. The second-order valence-electron chi connectivity index (χ2n) is 6.85. The quantitative estimate of drug-likeness (QED) is 0.800. The van der Waals surface area contributed by atoms with E-state index in [1.165, 1.54) is 12.4 Å². The molecule has 136 valence electrons. The van der Waals surface area contributed by atoms with Crippen molar-refractivity contribution in [3.63, 3.8) is 0 Å². The summed E-state index contributed by atoms with van der Waals surface area (Å²) < 4.78 is 11.6. The van der Waals surface area contributed by atoms with Crippen molar-refractivity contribution in [3.05, 3.63) is 42.5 Å². The molecule has 0 unspecified atom stereocenters. The second-order valence-corrected chi connectivity index (χ2v) is 6.85. The molecule has 2 aromatic rings. The Morgan fingerprint density at radius 1 is 1.27 bits per heavy atom. The van der Waals surface area contributed by atoms with Crippen LogP contribution in [0.4, 0.5) is 0 Å². The van der Waals surface area contributed by atoms with Crippen LogP contribution in [0.15, 0.2) is 36.9 Å². The summed E-state index contributed by atoms with van der Waals surface area (Å²) in [4.78, 5) is 22.4. The van der Waals surface area contributed by atoms with Gasteiger partial charge in [0.2, 0.25) is 0 Å². The highest BCUT2D eigenvalue weighted by molar-refractivity contribution is 5.94. The van der Waals surface area contributed by atoms with E-state index in [1.54, 1.807) is 24.5 Å². The van der Waals surface area contributed by atoms with E-state index in [2.05, 4.69) is 20.2 Å². The maximum Gasteiger partial charge on any atom is 0.316 e. The number of aromatic nitrogens is 4. The van der Waals surface area contributed by atoms with Gasteiger partial charge in [-0.15, -0.1) is 0 Å². The van der Waals surface area contributed by atoms with Crippen molar-refractivity contribution in [2.45, 2.75) is 24.9 Å². The molecule has 0 aromatic carbocycles. The standard InChI is InChI=1S/C18H21N5O3/c24-16(15-2-7-21-22-11-15)23-12-18(13-23)10-14(4-9-26-18)3-8-25-17-19-5-1-6-20-17/h1-2,5-7,11,14H,3-4,8-10,12-13H2/t14-/m1/s1. The predicted octanol–water partition coefficient (Wildman–Crippen LogP) is 1.36. The van der Waals surface area contributed by atoms with Crippen molar-refractivity contribution in [1.82, 2.24) is 25.1 Å². The average molecular weight is 355 g/mol. The van der Waals surface area contributed by atoms with Crippen molar-refractivity contribution in [2.24, 2.45) is 5.92 Å². The number of nitrogens with zero attached hydrogens (tertiary/aromatic N) is 5. The number of hydrogen-bond donors (Lipinski definition) is 0. The van der Waals surface area contributed by atoms with E-state index in [1.807, 2.05) is 4.90 Å². The molecule has 4 heterocycles. The monoisotopic (exact) mass is 355 g/mol. The number of likely N-dealkylation sites (tertiary alicyclic amines) is 1. The fourth-order valence-electron chi connectivity index (χ4n) is 3.67. The van der Waals surface area contributed by atoms with Gasteiger partial charge in [-0.3, -0.25) is 4.79 Å². The highest BCUT2D eigenvalue weighted by atomic mass is 16.5. The van der Waals surface area contributed by atoms with E-state index in [-0.39, 0.29) is 11.5 Å². The van der Waals surface area contributed by atoms with Gasteiger partial charge in [0.1, 0.15) is 5.60 Å². The summed E-state index contributed by atoms with van der Waals surface area (Å²) in [6, 6.07) is 3.87. The molecule has 2 aromatic heterocycles. The summed E-state index contributed by atoms with van der Waals surface area (Å²) in [5.41, 5.74) is 0.362. The molecule has 1 amide bonds. The molecule has 2 fully saturated rings. The molecule has 0 saturated carbocycles. The van der Waals surface area contributed by atoms with E-state index in [9.17, 15) is 4.79 Å². The van der Waals surface area contributed by atoms with Crippen LogP contribution < -0.4 is 4.74 Å². The van der Waals surface area contributed by atoms with Crippen LogP contribution in [-0.2, 0) is 4.74 Å². The number of carbonyl (C=O) groups excluding carboxylic acids is 1. The fourth-order valence-corrected chi connectivity index (χ4v) is 3.67. The molecule has 4 rings (SSSR count). The minimum Gasteiger partial charge on any atom is -0.463 e. The van der Waals surface area contributed by atoms with Crippen LogP contribution in [0.1, 0.15) is 29.6 Å². The Labute approximate surface area is 151 Å². The first-order valence-electron chi connectivity index (χ1n) is 8.84. The predicted molar refractivity (Wildman–Crippen MR) is 91.5 cm³/mol. The molecule has 8 nitrogen and oxygen atoms in total.